The molecular weight excluding hydrogens is 376 g/mol. The first-order valence-electron chi connectivity index (χ1n) is 6.99. The van der Waals surface area contributed by atoms with Crippen molar-refractivity contribution in [1.29, 1.82) is 0 Å². The van der Waals surface area contributed by atoms with E-state index >= 15 is 0 Å². The molecule has 0 aromatic carbocycles. The molecule has 5 nitrogen and oxygen atoms in total. The van der Waals surface area contributed by atoms with Crippen molar-refractivity contribution in [1.82, 2.24) is 9.62 Å². The van der Waals surface area contributed by atoms with E-state index in [0.29, 0.717) is 29.8 Å². The quantitative estimate of drug-likeness (QED) is 0.717. The Bertz CT molecular complexity index is 539. The Labute approximate surface area is 138 Å². The van der Waals surface area contributed by atoms with Gasteiger partial charge in [-0.2, -0.15) is 4.31 Å². The zero-order valence-electron chi connectivity index (χ0n) is 12.0. The fourth-order valence-electron chi connectivity index (χ4n) is 2.40. The van der Waals surface area contributed by atoms with Crippen LogP contribution < -0.4 is 5.32 Å². The lowest BCUT2D eigenvalue weighted by Crippen LogP contribution is -2.40. The van der Waals surface area contributed by atoms with Gasteiger partial charge in [-0.05, 0) is 53.4 Å². The second kappa shape index (κ2) is 8.03. The summed E-state index contributed by atoms with van der Waals surface area (Å²) in [4.78, 5) is 0. The maximum atomic E-state index is 12.5. The summed E-state index contributed by atoms with van der Waals surface area (Å²) in [6, 6.07) is 3.45. The Kier molecular flexibility index (Phi) is 6.64. The van der Waals surface area contributed by atoms with Gasteiger partial charge in [-0.1, -0.05) is 0 Å². The highest BCUT2D eigenvalue weighted by atomic mass is 79.9. The molecular formula is C13H21BrN2O3S2. The fourth-order valence-corrected chi connectivity index (χ4v) is 6.03. The molecule has 0 radical (unpaired) electrons. The zero-order chi connectivity index (χ0) is 15.3. The van der Waals surface area contributed by atoms with Gasteiger partial charge in [0.05, 0.1) is 10.4 Å². The van der Waals surface area contributed by atoms with Gasteiger partial charge < -0.3 is 10.1 Å². The minimum Gasteiger partial charge on any atom is -0.383 e. The van der Waals surface area contributed by atoms with Gasteiger partial charge in [0.1, 0.15) is 4.21 Å². The number of piperidine rings is 1. The topological polar surface area (TPSA) is 58.6 Å². The molecule has 1 saturated heterocycles. The molecule has 0 atom stereocenters. The lowest BCUT2D eigenvalue weighted by atomic mass is 9.98. The molecule has 0 bridgehead atoms. The monoisotopic (exact) mass is 396 g/mol. The Morgan fingerprint density at radius 2 is 2.14 bits per heavy atom. The second-order valence-corrected chi connectivity index (χ2v) is 9.73. The largest absolute Gasteiger partial charge is 0.383 e. The van der Waals surface area contributed by atoms with E-state index < -0.39 is 10.0 Å². The van der Waals surface area contributed by atoms with Crippen LogP contribution in [0.2, 0.25) is 0 Å². The van der Waals surface area contributed by atoms with Crippen molar-refractivity contribution in [3.05, 3.63) is 15.9 Å². The SMILES string of the molecule is COCCNCC1CCN(S(=O)(=O)c2ccc(Br)s2)CC1. The molecule has 1 aromatic rings. The maximum Gasteiger partial charge on any atom is 0.252 e. The van der Waals surface area contributed by atoms with Crippen LogP contribution in [0.15, 0.2) is 20.1 Å². The number of nitrogens with one attached hydrogen (secondary N) is 1. The lowest BCUT2D eigenvalue weighted by molar-refractivity contribution is 0.194. The third-order valence-corrected chi connectivity index (χ3v) is 7.62. The van der Waals surface area contributed by atoms with Crippen LogP contribution in [0, 0.1) is 5.92 Å². The Morgan fingerprint density at radius 1 is 1.43 bits per heavy atom. The van der Waals surface area contributed by atoms with Gasteiger partial charge >= 0.3 is 0 Å². The van der Waals surface area contributed by atoms with Crippen LogP contribution in [-0.2, 0) is 14.8 Å². The maximum absolute atomic E-state index is 12.5. The van der Waals surface area contributed by atoms with Crippen LogP contribution in [0.4, 0.5) is 0 Å². The molecule has 21 heavy (non-hydrogen) atoms. The summed E-state index contributed by atoms with van der Waals surface area (Å²) >= 11 is 4.59. The highest BCUT2D eigenvalue weighted by molar-refractivity contribution is 9.11. The molecule has 0 unspecified atom stereocenters. The number of hydrogen-bond acceptors (Lipinski definition) is 5. The van der Waals surface area contributed by atoms with E-state index in [4.69, 9.17) is 4.74 Å². The van der Waals surface area contributed by atoms with E-state index in [0.717, 1.165) is 29.7 Å². The molecule has 1 N–H and O–H groups in total. The minimum absolute atomic E-state index is 0.422. The number of halogens is 1. The third-order valence-electron chi connectivity index (χ3n) is 3.63. The molecule has 0 spiro atoms. The van der Waals surface area contributed by atoms with Crippen LogP contribution in [0.25, 0.3) is 0 Å². The molecule has 0 amide bonds. The number of rotatable bonds is 7. The molecule has 0 aliphatic carbocycles. The number of thiophene rings is 1. The van der Waals surface area contributed by atoms with Crippen molar-refractivity contribution in [3.8, 4) is 0 Å². The first kappa shape index (κ1) is 17.4. The third kappa shape index (κ3) is 4.74. The summed E-state index contributed by atoms with van der Waals surface area (Å²) < 4.78 is 32.8. The van der Waals surface area contributed by atoms with Gasteiger partial charge in [0.2, 0.25) is 0 Å². The van der Waals surface area contributed by atoms with Crippen LogP contribution in [0.5, 0.6) is 0 Å². The van der Waals surface area contributed by atoms with Gasteiger partial charge in [-0.25, -0.2) is 8.42 Å². The number of methoxy groups -OCH3 is 1. The standard InChI is InChI=1S/C13H21BrN2O3S2/c1-19-9-6-15-10-11-4-7-16(8-5-11)21(17,18)13-3-2-12(14)20-13/h2-3,11,15H,4-10H2,1H3. The normalized spacial score (nSPS) is 18.2. The second-order valence-electron chi connectivity index (χ2n) is 5.10. The first-order chi connectivity index (χ1) is 10.0. The molecule has 120 valence electrons. The highest BCUT2D eigenvalue weighted by Gasteiger charge is 2.30. The molecule has 1 fully saturated rings. The van der Waals surface area contributed by atoms with Gasteiger partial charge in [0, 0.05) is 26.7 Å². The van der Waals surface area contributed by atoms with Crippen molar-refractivity contribution in [2.45, 2.75) is 17.1 Å². The Morgan fingerprint density at radius 3 is 2.71 bits per heavy atom. The summed E-state index contributed by atoms with van der Waals surface area (Å²) in [5, 5.41) is 3.35. The van der Waals surface area contributed by atoms with E-state index in [1.54, 1.807) is 23.5 Å². The average molecular weight is 397 g/mol. The van der Waals surface area contributed by atoms with E-state index in [-0.39, 0.29) is 0 Å². The van der Waals surface area contributed by atoms with Gasteiger partial charge in [0.15, 0.2) is 0 Å². The van der Waals surface area contributed by atoms with Gasteiger partial charge in [-0.3, -0.25) is 0 Å². The smallest absolute Gasteiger partial charge is 0.252 e. The van der Waals surface area contributed by atoms with Crippen molar-refractivity contribution in [3.63, 3.8) is 0 Å². The number of nitrogens with zero attached hydrogens (tertiary/aromatic N) is 1. The summed E-state index contributed by atoms with van der Waals surface area (Å²) in [5.41, 5.74) is 0. The van der Waals surface area contributed by atoms with Crippen molar-refractivity contribution in [2.75, 3.05) is 39.9 Å². The summed E-state index contributed by atoms with van der Waals surface area (Å²) in [6.07, 6.45) is 1.82. The van der Waals surface area contributed by atoms with Crippen molar-refractivity contribution in [2.24, 2.45) is 5.92 Å². The van der Waals surface area contributed by atoms with Gasteiger partial charge in [-0.15, -0.1) is 11.3 Å². The molecule has 1 aliphatic heterocycles. The predicted molar refractivity (Wildman–Crippen MR) is 88.2 cm³/mol. The van der Waals surface area contributed by atoms with Crippen LogP contribution in [0.3, 0.4) is 0 Å². The molecule has 2 heterocycles. The summed E-state index contributed by atoms with van der Waals surface area (Å²) in [5.74, 6) is 0.545. The molecule has 1 aromatic heterocycles. The van der Waals surface area contributed by atoms with Crippen LogP contribution in [-0.4, -0.2) is 52.6 Å². The van der Waals surface area contributed by atoms with E-state index in [2.05, 4.69) is 21.2 Å². The molecule has 2 rings (SSSR count). The predicted octanol–water partition coefficient (Wildman–Crippen LogP) is 2.15. The van der Waals surface area contributed by atoms with Crippen LogP contribution >= 0.6 is 27.3 Å². The molecule has 1 aliphatic rings. The number of ether oxygens (including phenoxy) is 1. The van der Waals surface area contributed by atoms with Crippen LogP contribution in [0.1, 0.15) is 12.8 Å². The first-order valence-corrected chi connectivity index (χ1v) is 10.0. The molecule has 0 saturated carbocycles. The van der Waals surface area contributed by atoms with Crippen molar-refractivity contribution < 1.29 is 13.2 Å². The van der Waals surface area contributed by atoms with Gasteiger partial charge in [0.25, 0.3) is 10.0 Å². The molecule has 8 heteroatoms. The number of hydrogen-bond donors (Lipinski definition) is 1. The zero-order valence-corrected chi connectivity index (χ0v) is 15.3. The van der Waals surface area contributed by atoms with E-state index in [1.165, 1.54) is 11.3 Å². The summed E-state index contributed by atoms with van der Waals surface area (Å²) in [6.45, 7) is 3.70. The Hall–Kier alpha value is 0.01000. The highest BCUT2D eigenvalue weighted by Crippen LogP contribution is 2.30. The van der Waals surface area contributed by atoms with E-state index in [1.807, 2.05) is 0 Å². The lowest BCUT2D eigenvalue weighted by Gasteiger charge is -2.30. The van der Waals surface area contributed by atoms with Crippen molar-refractivity contribution >= 4 is 37.3 Å². The number of sulfonamides is 1. The fraction of sp³-hybridized carbons (Fsp3) is 0.692. The minimum atomic E-state index is -3.31. The Balaban J connectivity index is 1.83. The van der Waals surface area contributed by atoms with E-state index in [9.17, 15) is 8.42 Å². The summed E-state index contributed by atoms with van der Waals surface area (Å²) in [7, 11) is -1.62. The average Bonchev–Trinajstić information content (AvgIpc) is 2.91.